The van der Waals surface area contributed by atoms with Crippen molar-refractivity contribution in [1.82, 2.24) is 0 Å². The first kappa shape index (κ1) is 18.0. The third-order valence-corrected chi connectivity index (χ3v) is 5.53. The standard InChI is InChI=1S/C21H21NO3S/c1-16-9-8-13-20(17(16)2)22-15-18-10-6-7-14-21(18)25-26(23,24)19-11-4-3-5-12-19/h3-14,22H,15H2,1-2H3. The van der Waals surface area contributed by atoms with Gasteiger partial charge in [-0.2, -0.15) is 8.42 Å². The van der Waals surface area contributed by atoms with Crippen molar-refractivity contribution in [3.8, 4) is 5.75 Å². The average Bonchev–Trinajstić information content (AvgIpc) is 2.64. The van der Waals surface area contributed by atoms with E-state index in [0.717, 1.165) is 11.3 Å². The van der Waals surface area contributed by atoms with Gasteiger partial charge in [0.15, 0.2) is 0 Å². The number of hydrogen-bond acceptors (Lipinski definition) is 4. The third kappa shape index (κ3) is 4.06. The maximum Gasteiger partial charge on any atom is 0.339 e. The average molecular weight is 367 g/mol. The molecule has 0 unspecified atom stereocenters. The summed E-state index contributed by atoms with van der Waals surface area (Å²) in [7, 11) is -3.86. The van der Waals surface area contributed by atoms with Gasteiger partial charge in [-0.05, 0) is 49.2 Å². The Labute approximate surface area is 154 Å². The summed E-state index contributed by atoms with van der Waals surface area (Å²) in [5.41, 5.74) is 4.16. The molecule has 0 aliphatic carbocycles. The molecule has 0 spiro atoms. The number of anilines is 1. The van der Waals surface area contributed by atoms with E-state index in [0.29, 0.717) is 12.3 Å². The molecule has 0 heterocycles. The van der Waals surface area contributed by atoms with Gasteiger partial charge in [0.1, 0.15) is 10.6 Å². The molecule has 0 aliphatic rings. The van der Waals surface area contributed by atoms with Crippen LogP contribution >= 0.6 is 0 Å². The fraction of sp³-hybridized carbons (Fsp3) is 0.143. The molecule has 0 aromatic heterocycles. The van der Waals surface area contributed by atoms with Gasteiger partial charge in [-0.15, -0.1) is 0 Å². The fourth-order valence-electron chi connectivity index (χ4n) is 2.62. The molecule has 0 aliphatic heterocycles. The Kier molecular flexibility index (Phi) is 5.28. The van der Waals surface area contributed by atoms with E-state index < -0.39 is 10.1 Å². The normalized spacial score (nSPS) is 11.2. The molecule has 1 N–H and O–H groups in total. The maximum atomic E-state index is 12.5. The first-order valence-electron chi connectivity index (χ1n) is 8.35. The zero-order chi connectivity index (χ0) is 18.6. The second-order valence-corrected chi connectivity index (χ2v) is 7.61. The number of hydrogen-bond donors (Lipinski definition) is 1. The molecule has 5 heteroatoms. The van der Waals surface area contributed by atoms with Gasteiger partial charge in [-0.1, -0.05) is 48.5 Å². The topological polar surface area (TPSA) is 55.4 Å². The molecule has 4 nitrogen and oxygen atoms in total. The number of nitrogens with one attached hydrogen (secondary N) is 1. The van der Waals surface area contributed by atoms with Crippen LogP contribution in [0.3, 0.4) is 0 Å². The van der Waals surface area contributed by atoms with Crippen LogP contribution in [0.15, 0.2) is 77.7 Å². The Hall–Kier alpha value is -2.79. The van der Waals surface area contributed by atoms with E-state index in [1.54, 1.807) is 30.3 Å². The highest BCUT2D eigenvalue weighted by molar-refractivity contribution is 7.87. The predicted octanol–water partition coefficient (Wildman–Crippen LogP) is 4.68. The van der Waals surface area contributed by atoms with Crippen LogP contribution in [0.1, 0.15) is 16.7 Å². The number of benzene rings is 3. The SMILES string of the molecule is Cc1cccc(NCc2ccccc2OS(=O)(=O)c2ccccc2)c1C. The van der Waals surface area contributed by atoms with Crippen molar-refractivity contribution < 1.29 is 12.6 Å². The molecule has 0 radical (unpaired) electrons. The van der Waals surface area contributed by atoms with Gasteiger partial charge in [0.05, 0.1) is 0 Å². The first-order valence-corrected chi connectivity index (χ1v) is 9.76. The lowest BCUT2D eigenvalue weighted by molar-refractivity contribution is 0.483. The summed E-state index contributed by atoms with van der Waals surface area (Å²) in [6.45, 7) is 4.58. The second kappa shape index (κ2) is 7.62. The van der Waals surface area contributed by atoms with Gasteiger partial charge >= 0.3 is 10.1 Å². The third-order valence-electron chi connectivity index (χ3n) is 4.28. The molecule has 0 atom stereocenters. The largest absolute Gasteiger partial charge is 0.381 e. The Morgan fingerprint density at radius 3 is 2.31 bits per heavy atom. The molecular formula is C21H21NO3S. The Bertz CT molecular complexity index is 999. The minimum atomic E-state index is -3.86. The van der Waals surface area contributed by atoms with Gasteiger partial charge in [-0.25, -0.2) is 0 Å². The van der Waals surface area contributed by atoms with Gasteiger partial charge in [-0.3, -0.25) is 0 Å². The van der Waals surface area contributed by atoms with Crippen LogP contribution in [0.25, 0.3) is 0 Å². The first-order chi connectivity index (χ1) is 12.5. The quantitative estimate of drug-likeness (QED) is 0.643. The van der Waals surface area contributed by atoms with E-state index in [-0.39, 0.29) is 4.90 Å². The summed E-state index contributed by atoms with van der Waals surface area (Å²) in [5.74, 6) is 0.328. The van der Waals surface area contributed by atoms with Crippen molar-refractivity contribution in [1.29, 1.82) is 0 Å². The Morgan fingerprint density at radius 1 is 0.846 bits per heavy atom. The minimum Gasteiger partial charge on any atom is -0.381 e. The lowest BCUT2D eigenvalue weighted by Crippen LogP contribution is -2.12. The van der Waals surface area contributed by atoms with Crippen LogP contribution in [-0.4, -0.2) is 8.42 Å². The highest BCUT2D eigenvalue weighted by Crippen LogP contribution is 2.25. The monoisotopic (exact) mass is 367 g/mol. The van der Waals surface area contributed by atoms with Crippen molar-refractivity contribution in [3.05, 3.63) is 89.5 Å². The highest BCUT2D eigenvalue weighted by Gasteiger charge is 2.18. The molecule has 134 valence electrons. The summed E-state index contributed by atoms with van der Waals surface area (Å²) < 4.78 is 30.4. The van der Waals surface area contributed by atoms with E-state index in [4.69, 9.17) is 4.18 Å². The molecule has 0 saturated heterocycles. The Balaban J connectivity index is 1.82. The summed E-state index contributed by atoms with van der Waals surface area (Å²) in [6.07, 6.45) is 0. The van der Waals surface area contributed by atoms with E-state index in [1.165, 1.54) is 23.3 Å². The van der Waals surface area contributed by atoms with Gasteiger partial charge < -0.3 is 9.50 Å². The molecule has 3 aromatic rings. The van der Waals surface area contributed by atoms with Crippen LogP contribution in [-0.2, 0) is 16.7 Å². The van der Waals surface area contributed by atoms with Gasteiger partial charge in [0.2, 0.25) is 0 Å². The Morgan fingerprint density at radius 2 is 1.54 bits per heavy atom. The van der Waals surface area contributed by atoms with Crippen LogP contribution in [0.4, 0.5) is 5.69 Å². The zero-order valence-corrected chi connectivity index (χ0v) is 15.6. The fourth-order valence-corrected chi connectivity index (χ4v) is 3.60. The van der Waals surface area contributed by atoms with Crippen LogP contribution in [0, 0.1) is 13.8 Å². The van der Waals surface area contributed by atoms with Crippen molar-refractivity contribution in [2.24, 2.45) is 0 Å². The molecular weight excluding hydrogens is 346 g/mol. The highest BCUT2D eigenvalue weighted by atomic mass is 32.2. The number of rotatable bonds is 6. The van der Waals surface area contributed by atoms with E-state index >= 15 is 0 Å². The summed E-state index contributed by atoms with van der Waals surface area (Å²) >= 11 is 0. The zero-order valence-electron chi connectivity index (χ0n) is 14.8. The predicted molar refractivity (Wildman–Crippen MR) is 104 cm³/mol. The number of para-hydroxylation sites is 1. The van der Waals surface area contributed by atoms with E-state index in [9.17, 15) is 8.42 Å². The van der Waals surface area contributed by atoms with Crippen LogP contribution in [0.5, 0.6) is 5.75 Å². The lowest BCUT2D eigenvalue weighted by atomic mass is 10.1. The van der Waals surface area contributed by atoms with Gasteiger partial charge in [0.25, 0.3) is 0 Å². The summed E-state index contributed by atoms with van der Waals surface area (Å²) in [4.78, 5) is 0.136. The minimum absolute atomic E-state index is 0.136. The van der Waals surface area contributed by atoms with Crippen molar-refractivity contribution in [2.75, 3.05) is 5.32 Å². The smallest absolute Gasteiger partial charge is 0.339 e. The van der Waals surface area contributed by atoms with Crippen molar-refractivity contribution >= 4 is 15.8 Å². The summed E-state index contributed by atoms with van der Waals surface area (Å²) in [5, 5.41) is 3.36. The molecule has 0 saturated carbocycles. The number of aryl methyl sites for hydroxylation is 1. The van der Waals surface area contributed by atoms with Gasteiger partial charge in [0, 0.05) is 17.8 Å². The molecule has 0 amide bonds. The molecule has 26 heavy (non-hydrogen) atoms. The van der Waals surface area contributed by atoms with Crippen molar-refractivity contribution in [3.63, 3.8) is 0 Å². The van der Waals surface area contributed by atoms with Crippen LogP contribution in [0.2, 0.25) is 0 Å². The second-order valence-electron chi connectivity index (χ2n) is 6.06. The van der Waals surface area contributed by atoms with Crippen LogP contribution < -0.4 is 9.50 Å². The molecule has 0 bridgehead atoms. The van der Waals surface area contributed by atoms with Crippen molar-refractivity contribution in [2.45, 2.75) is 25.3 Å². The molecule has 3 aromatic carbocycles. The summed E-state index contributed by atoms with van der Waals surface area (Å²) in [6, 6.07) is 21.4. The lowest BCUT2D eigenvalue weighted by Gasteiger charge is -2.14. The van der Waals surface area contributed by atoms with E-state index in [1.807, 2.05) is 24.3 Å². The molecule has 0 fully saturated rings. The van der Waals surface area contributed by atoms with E-state index in [2.05, 4.69) is 25.2 Å². The molecule has 3 rings (SSSR count). The maximum absolute atomic E-state index is 12.5.